The monoisotopic (exact) mass is 209 g/mol. The molecular formula is C11H20BNS. The Labute approximate surface area is 92.2 Å². The molecule has 3 heteroatoms. The van der Waals surface area contributed by atoms with Gasteiger partial charge in [0, 0.05) is 16.4 Å². The summed E-state index contributed by atoms with van der Waals surface area (Å²) >= 11 is 1.79. The average molecular weight is 209 g/mol. The first-order valence-corrected chi connectivity index (χ1v) is 6.01. The molecule has 0 fully saturated rings. The number of thiazole rings is 1. The summed E-state index contributed by atoms with van der Waals surface area (Å²) in [5.41, 5.74) is 1.44. The highest BCUT2D eigenvalue weighted by Gasteiger charge is 2.21. The fourth-order valence-electron chi connectivity index (χ4n) is 1.28. The molecule has 0 aromatic carbocycles. The molecule has 1 aromatic heterocycles. The third-order valence-electron chi connectivity index (χ3n) is 1.90. The van der Waals surface area contributed by atoms with Crippen molar-refractivity contribution in [2.75, 3.05) is 0 Å². The van der Waals surface area contributed by atoms with Gasteiger partial charge in [-0.15, -0.1) is 11.3 Å². The maximum atomic E-state index is 4.69. The quantitative estimate of drug-likeness (QED) is 0.648. The van der Waals surface area contributed by atoms with E-state index in [9.17, 15) is 0 Å². The van der Waals surface area contributed by atoms with Gasteiger partial charge in [0.2, 0.25) is 0 Å². The minimum Gasteiger partial charge on any atom is -0.256 e. The molecule has 0 aliphatic carbocycles. The van der Waals surface area contributed by atoms with Crippen LogP contribution in [0.1, 0.15) is 46.6 Å². The fraction of sp³-hybridized carbons (Fsp3) is 0.727. The van der Waals surface area contributed by atoms with Crippen LogP contribution in [0, 0.1) is 0 Å². The van der Waals surface area contributed by atoms with Gasteiger partial charge < -0.3 is 0 Å². The number of rotatable bonds is 1. The Hall–Kier alpha value is -0.305. The zero-order valence-electron chi connectivity index (χ0n) is 10.1. The summed E-state index contributed by atoms with van der Waals surface area (Å²) in [6.07, 6.45) is 0. The molecule has 0 atom stereocenters. The molecule has 0 saturated heterocycles. The summed E-state index contributed by atoms with van der Waals surface area (Å²) < 4.78 is 0. The molecule has 14 heavy (non-hydrogen) atoms. The van der Waals surface area contributed by atoms with Crippen LogP contribution in [0.5, 0.6) is 0 Å². The van der Waals surface area contributed by atoms with Crippen LogP contribution in [0.15, 0.2) is 5.38 Å². The van der Waals surface area contributed by atoms with Crippen LogP contribution in [-0.4, -0.2) is 12.3 Å². The van der Waals surface area contributed by atoms with Crippen molar-refractivity contribution < 1.29 is 0 Å². The van der Waals surface area contributed by atoms with Crippen molar-refractivity contribution in [1.29, 1.82) is 0 Å². The van der Waals surface area contributed by atoms with Gasteiger partial charge in [-0.2, -0.15) is 0 Å². The molecular weight excluding hydrogens is 189 g/mol. The van der Waals surface area contributed by atoms with Gasteiger partial charge in [0.05, 0.1) is 5.01 Å². The molecule has 78 valence electrons. The summed E-state index contributed by atoms with van der Waals surface area (Å²) in [6.45, 7) is 13.4. The Morgan fingerprint density at radius 1 is 1.14 bits per heavy atom. The van der Waals surface area contributed by atoms with Crippen molar-refractivity contribution in [3.63, 3.8) is 0 Å². The lowest BCUT2D eigenvalue weighted by molar-refractivity contribution is 0.586. The van der Waals surface area contributed by atoms with Gasteiger partial charge in [-0.3, -0.25) is 4.98 Å². The minimum absolute atomic E-state index is 0.195. The third-order valence-corrected chi connectivity index (χ3v) is 3.22. The maximum absolute atomic E-state index is 4.69. The molecule has 1 rings (SSSR count). The fourth-order valence-corrected chi connectivity index (χ4v) is 2.18. The van der Waals surface area contributed by atoms with Crippen molar-refractivity contribution in [2.24, 2.45) is 0 Å². The number of nitrogens with zero attached hydrogens (tertiary/aromatic N) is 1. The number of hydrogen-bond donors (Lipinski definition) is 0. The van der Waals surface area contributed by atoms with Gasteiger partial charge in [0.15, 0.2) is 7.28 Å². The smallest absolute Gasteiger partial charge is 0.188 e. The molecule has 1 aromatic rings. The van der Waals surface area contributed by atoms with Crippen molar-refractivity contribution in [2.45, 2.75) is 52.3 Å². The summed E-state index contributed by atoms with van der Waals surface area (Å²) in [7, 11) is 1.07. The van der Waals surface area contributed by atoms with Crippen LogP contribution in [-0.2, 0) is 5.41 Å². The van der Waals surface area contributed by atoms with E-state index in [0.29, 0.717) is 5.31 Å². The summed E-state index contributed by atoms with van der Waals surface area (Å²) in [6, 6.07) is 0. The molecule has 0 N–H and O–H groups in total. The van der Waals surface area contributed by atoms with E-state index in [4.69, 9.17) is 0 Å². The second kappa shape index (κ2) is 3.69. The molecule has 0 saturated carbocycles. The first kappa shape index (κ1) is 11.8. The van der Waals surface area contributed by atoms with E-state index < -0.39 is 0 Å². The van der Waals surface area contributed by atoms with E-state index in [1.807, 2.05) is 0 Å². The van der Waals surface area contributed by atoms with Gasteiger partial charge in [-0.1, -0.05) is 46.9 Å². The number of hydrogen-bond acceptors (Lipinski definition) is 2. The van der Waals surface area contributed by atoms with Crippen molar-refractivity contribution >= 4 is 24.2 Å². The van der Waals surface area contributed by atoms with Crippen molar-refractivity contribution in [1.82, 2.24) is 4.98 Å². The molecule has 0 unspecified atom stereocenters. The molecule has 0 bridgehead atoms. The average Bonchev–Trinajstić information content (AvgIpc) is 2.29. The van der Waals surface area contributed by atoms with Crippen LogP contribution in [0.2, 0.25) is 5.31 Å². The second-order valence-corrected chi connectivity index (χ2v) is 6.99. The van der Waals surface area contributed by atoms with Gasteiger partial charge in [-0.05, 0) is 0 Å². The van der Waals surface area contributed by atoms with E-state index in [0.717, 1.165) is 7.28 Å². The zero-order valence-corrected chi connectivity index (χ0v) is 11.0. The highest BCUT2D eigenvalue weighted by Crippen LogP contribution is 2.24. The largest absolute Gasteiger partial charge is 0.256 e. The van der Waals surface area contributed by atoms with Crippen molar-refractivity contribution in [3.05, 3.63) is 10.4 Å². The SMILES string of the molecule is CC(C)(C)Bc1csc(C(C)(C)C)n1. The number of aromatic nitrogens is 1. The Morgan fingerprint density at radius 3 is 2.07 bits per heavy atom. The van der Waals surface area contributed by atoms with Crippen LogP contribution in [0.4, 0.5) is 0 Å². The standard InChI is InChI=1S/C11H20BNS/c1-10(2,3)9-13-8(7-14-9)12-11(4,5)6/h7,12H,1-6H3. The first-order valence-electron chi connectivity index (χ1n) is 5.13. The lowest BCUT2D eigenvalue weighted by Crippen LogP contribution is -2.25. The normalized spacial score (nSPS) is 13.0. The Balaban J connectivity index is 2.79. The molecule has 0 aliphatic heterocycles. The highest BCUT2D eigenvalue weighted by molar-refractivity contribution is 7.10. The van der Waals surface area contributed by atoms with Crippen LogP contribution >= 0.6 is 11.3 Å². The van der Waals surface area contributed by atoms with Crippen LogP contribution in [0.25, 0.3) is 0 Å². The topological polar surface area (TPSA) is 12.9 Å². The van der Waals surface area contributed by atoms with E-state index in [2.05, 4.69) is 51.9 Å². The van der Waals surface area contributed by atoms with Gasteiger partial charge in [0.25, 0.3) is 0 Å². The lowest BCUT2D eigenvalue weighted by atomic mass is 9.53. The van der Waals surface area contributed by atoms with E-state index in [-0.39, 0.29) is 5.41 Å². The van der Waals surface area contributed by atoms with E-state index >= 15 is 0 Å². The van der Waals surface area contributed by atoms with Crippen LogP contribution < -0.4 is 5.59 Å². The first-order chi connectivity index (χ1) is 6.18. The Bertz CT molecular complexity index is 304. The third kappa shape index (κ3) is 3.45. The highest BCUT2D eigenvalue weighted by atomic mass is 32.1. The molecule has 0 amide bonds. The predicted octanol–water partition coefficient (Wildman–Crippen LogP) is 2.72. The molecule has 0 spiro atoms. The van der Waals surface area contributed by atoms with E-state index in [1.54, 1.807) is 11.3 Å². The van der Waals surface area contributed by atoms with E-state index in [1.165, 1.54) is 10.6 Å². The van der Waals surface area contributed by atoms with Crippen molar-refractivity contribution in [3.8, 4) is 0 Å². The van der Waals surface area contributed by atoms with Gasteiger partial charge in [0.1, 0.15) is 0 Å². The summed E-state index contributed by atoms with van der Waals surface area (Å²) in [5, 5.41) is 3.78. The molecule has 0 radical (unpaired) electrons. The zero-order chi connectivity index (χ0) is 11.0. The summed E-state index contributed by atoms with van der Waals surface area (Å²) in [4.78, 5) is 4.69. The van der Waals surface area contributed by atoms with Crippen LogP contribution in [0.3, 0.4) is 0 Å². The second-order valence-electron chi connectivity index (χ2n) is 6.13. The lowest BCUT2D eigenvalue weighted by Gasteiger charge is -2.15. The molecule has 0 aliphatic rings. The maximum Gasteiger partial charge on any atom is 0.188 e. The summed E-state index contributed by atoms with van der Waals surface area (Å²) in [5.74, 6) is 0. The molecule has 1 nitrogen and oxygen atoms in total. The molecule has 1 heterocycles. The predicted molar refractivity (Wildman–Crippen MR) is 67.3 cm³/mol. The van der Waals surface area contributed by atoms with Gasteiger partial charge in [-0.25, -0.2) is 0 Å². The minimum atomic E-state index is 0.195. The Morgan fingerprint density at radius 2 is 1.71 bits per heavy atom. The van der Waals surface area contributed by atoms with Gasteiger partial charge >= 0.3 is 0 Å². The Kier molecular flexibility index (Phi) is 3.10.